The van der Waals surface area contributed by atoms with Gasteiger partial charge in [0.25, 0.3) is 0 Å². The third-order valence-electron chi connectivity index (χ3n) is 5.76. The van der Waals surface area contributed by atoms with Crippen molar-refractivity contribution < 1.29 is 23.1 Å². The first-order valence-corrected chi connectivity index (χ1v) is 10.6. The van der Waals surface area contributed by atoms with Crippen molar-refractivity contribution in [2.75, 3.05) is 6.61 Å². The summed E-state index contributed by atoms with van der Waals surface area (Å²) in [7, 11) is 0. The smallest absolute Gasteiger partial charge is 0.336 e. The molecule has 0 N–H and O–H groups in total. The molecule has 1 heterocycles. The molecular formula is C26H27F2NO3. The Morgan fingerprint density at radius 1 is 1.19 bits per heavy atom. The predicted molar refractivity (Wildman–Crippen MR) is 119 cm³/mol. The van der Waals surface area contributed by atoms with E-state index >= 15 is 0 Å². The molecule has 2 aromatic rings. The van der Waals surface area contributed by atoms with Crippen LogP contribution in [0.5, 0.6) is 0 Å². The second-order valence-electron chi connectivity index (χ2n) is 8.14. The van der Waals surface area contributed by atoms with E-state index in [0.717, 1.165) is 23.3 Å². The number of carbonyl (C=O) groups excluding carboxylic acids is 2. The van der Waals surface area contributed by atoms with Crippen molar-refractivity contribution in [3.8, 4) is 0 Å². The topological polar surface area (TPSA) is 46.6 Å². The highest BCUT2D eigenvalue weighted by atomic mass is 19.1. The van der Waals surface area contributed by atoms with Gasteiger partial charge < -0.3 is 9.64 Å². The summed E-state index contributed by atoms with van der Waals surface area (Å²) in [5, 5.41) is 0. The van der Waals surface area contributed by atoms with Crippen LogP contribution in [0.1, 0.15) is 55.7 Å². The van der Waals surface area contributed by atoms with Gasteiger partial charge in [0, 0.05) is 23.6 Å². The number of benzene rings is 2. The highest BCUT2D eigenvalue weighted by Gasteiger charge is 2.37. The van der Waals surface area contributed by atoms with Gasteiger partial charge in [-0.2, -0.15) is 0 Å². The van der Waals surface area contributed by atoms with E-state index in [1.54, 1.807) is 6.92 Å². The molecule has 0 bridgehead atoms. The molecular weight excluding hydrogens is 412 g/mol. The molecule has 4 nitrogen and oxygen atoms in total. The Morgan fingerprint density at radius 3 is 2.38 bits per heavy atom. The van der Waals surface area contributed by atoms with Crippen molar-refractivity contribution in [2.24, 2.45) is 0 Å². The highest BCUT2D eigenvalue weighted by Crippen LogP contribution is 2.38. The standard InChI is InChI=1S/C26H27F2NO3/c1-5-13-32-26(31)25-17(4)29(15-21-22(27)7-6-8-23(21)28)24(30)14-20(25)19-11-9-18(10-12-19)16(2)3/h5-12,16,20H,1,13-15H2,2-4H3. The molecule has 6 heteroatoms. The molecule has 32 heavy (non-hydrogen) atoms. The Bertz CT molecular complexity index is 1040. The number of hydrogen-bond acceptors (Lipinski definition) is 3. The van der Waals surface area contributed by atoms with E-state index < -0.39 is 23.5 Å². The highest BCUT2D eigenvalue weighted by molar-refractivity contribution is 5.95. The van der Waals surface area contributed by atoms with E-state index in [0.29, 0.717) is 17.2 Å². The van der Waals surface area contributed by atoms with E-state index in [-0.39, 0.29) is 31.0 Å². The van der Waals surface area contributed by atoms with Crippen LogP contribution in [0, 0.1) is 11.6 Å². The molecule has 0 fully saturated rings. The molecule has 0 saturated heterocycles. The average molecular weight is 440 g/mol. The molecule has 0 radical (unpaired) electrons. The second kappa shape index (κ2) is 9.90. The number of ether oxygens (including phenoxy) is 1. The molecule has 3 rings (SSSR count). The summed E-state index contributed by atoms with van der Waals surface area (Å²) in [6.07, 6.45) is 1.45. The molecule has 1 amide bonds. The lowest BCUT2D eigenvalue weighted by Gasteiger charge is -2.34. The van der Waals surface area contributed by atoms with Gasteiger partial charge in [-0.05, 0) is 36.1 Å². The average Bonchev–Trinajstić information content (AvgIpc) is 2.76. The van der Waals surface area contributed by atoms with Crippen LogP contribution in [-0.2, 0) is 20.9 Å². The van der Waals surface area contributed by atoms with E-state index in [1.807, 2.05) is 24.3 Å². The van der Waals surface area contributed by atoms with Gasteiger partial charge in [-0.3, -0.25) is 4.79 Å². The predicted octanol–water partition coefficient (Wildman–Crippen LogP) is 5.61. The summed E-state index contributed by atoms with van der Waals surface area (Å²) in [5.41, 5.74) is 2.36. The quantitative estimate of drug-likeness (QED) is 0.416. The summed E-state index contributed by atoms with van der Waals surface area (Å²) in [5.74, 6) is -2.55. The summed E-state index contributed by atoms with van der Waals surface area (Å²) in [4.78, 5) is 27.3. The van der Waals surface area contributed by atoms with Gasteiger partial charge in [-0.25, -0.2) is 13.6 Å². The number of amides is 1. The third kappa shape index (κ3) is 4.79. The minimum absolute atomic E-state index is 0.00698. The Morgan fingerprint density at radius 2 is 1.81 bits per heavy atom. The van der Waals surface area contributed by atoms with Crippen molar-refractivity contribution >= 4 is 11.9 Å². The Kier molecular flexibility index (Phi) is 7.23. The molecule has 1 atom stereocenters. The zero-order chi connectivity index (χ0) is 23.4. The van der Waals surface area contributed by atoms with Crippen LogP contribution in [0.2, 0.25) is 0 Å². The maximum atomic E-state index is 14.2. The van der Waals surface area contributed by atoms with Gasteiger partial charge in [-0.1, -0.05) is 56.8 Å². The number of esters is 1. The number of rotatable bonds is 7. The van der Waals surface area contributed by atoms with Crippen molar-refractivity contribution in [2.45, 2.75) is 45.6 Å². The lowest BCUT2D eigenvalue weighted by Crippen LogP contribution is -2.38. The number of nitrogens with zero attached hydrogens (tertiary/aromatic N) is 1. The molecule has 2 aromatic carbocycles. The van der Waals surface area contributed by atoms with Crippen LogP contribution in [0.15, 0.2) is 66.4 Å². The van der Waals surface area contributed by atoms with Crippen molar-refractivity contribution in [1.82, 2.24) is 4.90 Å². The van der Waals surface area contributed by atoms with E-state index in [2.05, 4.69) is 20.4 Å². The molecule has 1 aliphatic rings. The summed E-state index contributed by atoms with van der Waals surface area (Å²) < 4.78 is 33.8. The van der Waals surface area contributed by atoms with Gasteiger partial charge in [0.05, 0.1) is 12.1 Å². The second-order valence-corrected chi connectivity index (χ2v) is 8.14. The van der Waals surface area contributed by atoms with Gasteiger partial charge >= 0.3 is 5.97 Å². The monoisotopic (exact) mass is 439 g/mol. The normalized spacial score (nSPS) is 16.5. The molecule has 0 spiro atoms. The minimum atomic E-state index is -0.743. The molecule has 0 aromatic heterocycles. The van der Waals surface area contributed by atoms with Crippen molar-refractivity contribution in [3.05, 3.63) is 94.7 Å². The SMILES string of the molecule is C=CCOC(=O)C1=C(C)N(Cc2c(F)cccc2F)C(=O)CC1c1ccc(C(C)C)cc1. The Hall–Kier alpha value is -3.28. The summed E-state index contributed by atoms with van der Waals surface area (Å²) >= 11 is 0. The van der Waals surface area contributed by atoms with Crippen LogP contribution in [0.25, 0.3) is 0 Å². The third-order valence-corrected chi connectivity index (χ3v) is 5.76. The first-order chi connectivity index (χ1) is 15.2. The van der Waals surface area contributed by atoms with Crippen LogP contribution < -0.4 is 0 Å². The maximum absolute atomic E-state index is 14.2. The zero-order valence-corrected chi connectivity index (χ0v) is 18.5. The Labute approximate surface area is 187 Å². The van der Waals surface area contributed by atoms with Crippen LogP contribution in [-0.4, -0.2) is 23.4 Å². The van der Waals surface area contributed by atoms with E-state index in [9.17, 15) is 18.4 Å². The first-order valence-electron chi connectivity index (χ1n) is 10.6. The number of carbonyl (C=O) groups is 2. The largest absolute Gasteiger partial charge is 0.458 e. The maximum Gasteiger partial charge on any atom is 0.336 e. The minimum Gasteiger partial charge on any atom is -0.458 e. The van der Waals surface area contributed by atoms with Crippen molar-refractivity contribution in [1.29, 1.82) is 0 Å². The molecule has 1 aliphatic heterocycles. The van der Waals surface area contributed by atoms with Gasteiger partial charge in [0.2, 0.25) is 5.91 Å². The number of hydrogen-bond donors (Lipinski definition) is 0. The molecule has 168 valence electrons. The van der Waals surface area contributed by atoms with Gasteiger partial charge in [-0.15, -0.1) is 0 Å². The van der Waals surface area contributed by atoms with Gasteiger partial charge in [0.15, 0.2) is 0 Å². The number of allylic oxidation sites excluding steroid dienone is 1. The van der Waals surface area contributed by atoms with E-state index in [4.69, 9.17) is 4.74 Å². The fraction of sp³-hybridized carbons (Fsp3) is 0.308. The molecule has 0 saturated carbocycles. The van der Waals surface area contributed by atoms with Gasteiger partial charge in [0.1, 0.15) is 18.2 Å². The summed E-state index contributed by atoms with van der Waals surface area (Å²) in [6, 6.07) is 11.3. The van der Waals surface area contributed by atoms with Crippen LogP contribution in [0.4, 0.5) is 8.78 Å². The van der Waals surface area contributed by atoms with Crippen LogP contribution >= 0.6 is 0 Å². The first kappa shape index (κ1) is 23.4. The fourth-order valence-corrected chi connectivity index (χ4v) is 3.92. The lowest BCUT2D eigenvalue weighted by molar-refractivity contribution is -0.139. The number of halogens is 2. The lowest BCUT2D eigenvalue weighted by atomic mass is 9.83. The fourth-order valence-electron chi connectivity index (χ4n) is 3.92. The Balaban J connectivity index is 2.04. The zero-order valence-electron chi connectivity index (χ0n) is 18.5. The van der Waals surface area contributed by atoms with E-state index in [1.165, 1.54) is 17.0 Å². The van der Waals surface area contributed by atoms with Crippen LogP contribution in [0.3, 0.4) is 0 Å². The molecule has 1 unspecified atom stereocenters. The van der Waals surface area contributed by atoms with Crippen molar-refractivity contribution in [3.63, 3.8) is 0 Å². The molecule has 0 aliphatic carbocycles. The summed E-state index contributed by atoms with van der Waals surface area (Å²) in [6.45, 7) is 9.05.